The molecule has 0 aliphatic carbocycles. The summed E-state index contributed by atoms with van der Waals surface area (Å²) in [5.41, 5.74) is 7.41. The van der Waals surface area contributed by atoms with E-state index >= 15 is 0 Å². The molecule has 0 amide bonds. The third kappa shape index (κ3) is 3.73. The van der Waals surface area contributed by atoms with Gasteiger partial charge >= 0.3 is 0 Å². The SMILES string of the molecule is c1ccc(N(c2ccccc2)c2ccc(-c3cc4cc5sc6ccccc6c5cc4c4nccnc34)cc2)cc1. The number of aromatic nitrogens is 2. The van der Waals surface area contributed by atoms with Gasteiger partial charge in [0.15, 0.2) is 0 Å². The minimum Gasteiger partial charge on any atom is -0.311 e. The lowest BCUT2D eigenvalue weighted by Gasteiger charge is -2.25. The van der Waals surface area contributed by atoms with Gasteiger partial charge in [0, 0.05) is 60.6 Å². The van der Waals surface area contributed by atoms with E-state index in [0.29, 0.717) is 0 Å². The van der Waals surface area contributed by atoms with Crippen LogP contribution in [0.25, 0.3) is 53.1 Å². The lowest BCUT2D eigenvalue weighted by molar-refractivity contribution is 1.28. The number of nitrogens with zero attached hydrogens (tertiary/aromatic N) is 3. The first kappa shape index (κ1) is 22.9. The summed E-state index contributed by atoms with van der Waals surface area (Å²) in [5, 5.41) is 4.89. The van der Waals surface area contributed by atoms with Gasteiger partial charge in [-0.2, -0.15) is 0 Å². The van der Waals surface area contributed by atoms with Crippen molar-refractivity contribution in [3.05, 3.63) is 140 Å². The molecule has 8 rings (SSSR count). The van der Waals surface area contributed by atoms with Crippen molar-refractivity contribution in [2.24, 2.45) is 0 Å². The molecule has 8 aromatic rings. The monoisotopic (exact) mass is 529 g/mol. The van der Waals surface area contributed by atoms with Gasteiger partial charge < -0.3 is 4.90 Å². The highest BCUT2D eigenvalue weighted by atomic mass is 32.1. The number of benzene rings is 6. The van der Waals surface area contributed by atoms with Crippen LogP contribution in [0.5, 0.6) is 0 Å². The fourth-order valence-corrected chi connectivity index (χ4v) is 6.82. The van der Waals surface area contributed by atoms with Crippen LogP contribution >= 0.6 is 11.3 Å². The molecule has 0 fully saturated rings. The average molecular weight is 530 g/mol. The zero-order chi connectivity index (χ0) is 26.5. The van der Waals surface area contributed by atoms with Crippen LogP contribution in [0.3, 0.4) is 0 Å². The first-order valence-electron chi connectivity index (χ1n) is 13.3. The summed E-state index contributed by atoms with van der Waals surface area (Å²) in [6.07, 6.45) is 3.58. The third-order valence-corrected chi connectivity index (χ3v) is 8.66. The summed E-state index contributed by atoms with van der Waals surface area (Å²) in [6.45, 7) is 0. The fraction of sp³-hybridized carbons (Fsp3) is 0. The quantitative estimate of drug-likeness (QED) is 0.212. The Morgan fingerprint density at radius 2 is 1.10 bits per heavy atom. The first-order chi connectivity index (χ1) is 19.8. The van der Waals surface area contributed by atoms with Crippen molar-refractivity contribution in [2.45, 2.75) is 0 Å². The molecule has 2 heterocycles. The van der Waals surface area contributed by atoms with Crippen LogP contribution in [-0.2, 0) is 0 Å². The summed E-state index contributed by atoms with van der Waals surface area (Å²) in [7, 11) is 0. The zero-order valence-electron chi connectivity index (χ0n) is 21.5. The maximum absolute atomic E-state index is 4.82. The van der Waals surface area contributed by atoms with Gasteiger partial charge in [-0.25, -0.2) is 0 Å². The van der Waals surface area contributed by atoms with Crippen LogP contribution in [0.15, 0.2) is 140 Å². The highest BCUT2D eigenvalue weighted by Crippen LogP contribution is 2.41. The van der Waals surface area contributed by atoms with Gasteiger partial charge in [-0.3, -0.25) is 9.97 Å². The maximum Gasteiger partial charge on any atom is 0.0971 e. The minimum absolute atomic E-state index is 0.921. The Balaban J connectivity index is 1.30. The second-order valence-electron chi connectivity index (χ2n) is 9.90. The van der Waals surface area contributed by atoms with E-state index in [4.69, 9.17) is 9.97 Å². The van der Waals surface area contributed by atoms with Crippen LogP contribution in [-0.4, -0.2) is 9.97 Å². The van der Waals surface area contributed by atoms with Crippen molar-refractivity contribution in [3.8, 4) is 11.1 Å². The van der Waals surface area contributed by atoms with Gasteiger partial charge in [0.05, 0.1) is 11.0 Å². The van der Waals surface area contributed by atoms with E-state index in [1.54, 1.807) is 12.4 Å². The molecular formula is C36H23N3S. The third-order valence-electron chi connectivity index (χ3n) is 7.52. The number of hydrogen-bond acceptors (Lipinski definition) is 4. The van der Waals surface area contributed by atoms with E-state index in [2.05, 4.69) is 120 Å². The van der Waals surface area contributed by atoms with Crippen molar-refractivity contribution in [3.63, 3.8) is 0 Å². The molecule has 4 heteroatoms. The molecular weight excluding hydrogens is 506 g/mol. The second kappa shape index (κ2) is 9.30. The van der Waals surface area contributed by atoms with Gasteiger partial charge in [0.1, 0.15) is 0 Å². The topological polar surface area (TPSA) is 29.0 Å². The van der Waals surface area contributed by atoms with E-state index in [1.165, 1.54) is 25.6 Å². The maximum atomic E-state index is 4.82. The van der Waals surface area contributed by atoms with E-state index < -0.39 is 0 Å². The average Bonchev–Trinajstić information content (AvgIpc) is 3.39. The largest absolute Gasteiger partial charge is 0.311 e. The van der Waals surface area contributed by atoms with Crippen LogP contribution in [0.2, 0.25) is 0 Å². The van der Waals surface area contributed by atoms with Crippen molar-refractivity contribution in [1.82, 2.24) is 9.97 Å². The molecule has 188 valence electrons. The Morgan fingerprint density at radius 3 is 1.82 bits per heavy atom. The molecule has 0 saturated heterocycles. The Kier molecular flexibility index (Phi) is 5.32. The van der Waals surface area contributed by atoms with E-state index in [0.717, 1.165) is 44.6 Å². The fourth-order valence-electron chi connectivity index (χ4n) is 5.68. The van der Waals surface area contributed by atoms with Gasteiger partial charge in [-0.15, -0.1) is 11.3 Å². The summed E-state index contributed by atoms with van der Waals surface area (Å²) >= 11 is 1.84. The molecule has 2 aromatic heterocycles. The molecule has 3 nitrogen and oxygen atoms in total. The molecule has 0 spiro atoms. The second-order valence-corrected chi connectivity index (χ2v) is 11.0. The highest BCUT2D eigenvalue weighted by Gasteiger charge is 2.16. The van der Waals surface area contributed by atoms with Gasteiger partial charge in [0.25, 0.3) is 0 Å². The predicted octanol–water partition coefficient (Wildman–Crippen LogP) is 10.3. The standard InChI is InChI=1S/C36H23N3S/c1-3-9-26(10-4-1)39(27-11-5-2-6-12-27)28-17-15-24(16-18-28)30-21-25-22-34-32(29-13-7-8-14-33(29)40-34)23-31(25)36-35(30)37-19-20-38-36/h1-23H. The molecule has 0 N–H and O–H groups in total. The predicted molar refractivity (Wildman–Crippen MR) is 170 cm³/mol. The minimum atomic E-state index is 0.921. The normalized spacial score (nSPS) is 11.5. The first-order valence-corrected chi connectivity index (χ1v) is 14.1. The summed E-state index contributed by atoms with van der Waals surface area (Å²) in [4.78, 5) is 11.9. The van der Waals surface area contributed by atoms with Gasteiger partial charge in [-0.1, -0.05) is 66.7 Å². The zero-order valence-corrected chi connectivity index (χ0v) is 22.3. The van der Waals surface area contributed by atoms with Crippen LogP contribution in [0, 0.1) is 0 Å². The Bertz CT molecular complexity index is 2110. The number of para-hydroxylation sites is 2. The van der Waals surface area contributed by atoms with Crippen molar-refractivity contribution >= 4 is 70.4 Å². The Labute approximate surface area is 235 Å². The molecule has 6 aromatic carbocycles. The smallest absolute Gasteiger partial charge is 0.0971 e. The van der Waals surface area contributed by atoms with E-state index in [9.17, 15) is 0 Å². The van der Waals surface area contributed by atoms with E-state index in [-0.39, 0.29) is 0 Å². The van der Waals surface area contributed by atoms with Crippen LogP contribution in [0.1, 0.15) is 0 Å². The van der Waals surface area contributed by atoms with Crippen LogP contribution in [0.4, 0.5) is 17.1 Å². The number of hydrogen-bond donors (Lipinski definition) is 0. The van der Waals surface area contributed by atoms with Gasteiger partial charge in [0.2, 0.25) is 0 Å². The molecule has 0 unspecified atom stereocenters. The van der Waals surface area contributed by atoms with Crippen LogP contribution < -0.4 is 4.90 Å². The molecule has 0 atom stereocenters. The molecule has 40 heavy (non-hydrogen) atoms. The number of fused-ring (bicyclic) bond motifs is 6. The van der Waals surface area contributed by atoms with Gasteiger partial charge in [-0.05, 0) is 71.6 Å². The lowest BCUT2D eigenvalue weighted by atomic mass is 9.97. The van der Waals surface area contributed by atoms with E-state index in [1.807, 2.05) is 23.5 Å². The van der Waals surface area contributed by atoms with Crippen molar-refractivity contribution in [2.75, 3.05) is 4.90 Å². The summed E-state index contributed by atoms with van der Waals surface area (Å²) < 4.78 is 2.60. The molecule has 0 bridgehead atoms. The molecule has 0 radical (unpaired) electrons. The number of thiophene rings is 1. The summed E-state index contributed by atoms with van der Waals surface area (Å²) in [5.74, 6) is 0. The Hall–Kier alpha value is -5.06. The molecule has 0 aliphatic heterocycles. The number of rotatable bonds is 4. The summed E-state index contributed by atoms with van der Waals surface area (Å²) in [6, 6.07) is 45.3. The molecule has 0 aliphatic rings. The lowest BCUT2D eigenvalue weighted by Crippen LogP contribution is -2.09. The van der Waals surface area contributed by atoms with Crippen molar-refractivity contribution < 1.29 is 0 Å². The molecule has 0 saturated carbocycles. The highest BCUT2D eigenvalue weighted by molar-refractivity contribution is 7.25. The Morgan fingerprint density at radius 1 is 0.475 bits per heavy atom. The number of anilines is 3. The van der Waals surface area contributed by atoms with Crippen molar-refractivity contribution in [1.29, 1.82) is 0 Å².